The highest BCUT2D eigenvalue weighted by atomic mass is 16.2. The van der Waals surface area contributed by atoms with Crippen molar-refractivity contribution in [2.24, 2.45) is 5.92 Å². The number of anilines is 1. The van der Waals surface area contributed by atoms with Crippen LogP contribution >= 0.6 is 0 Å². The zero-order valence-corrected chi connectivity index (χ0v) is 14.2. The molecule has 1 aliphatic rings. The summed E-state index contributed by atoms with van der Waals surface area (Å²) in [5, 5.41) is 0. The molecule has 1 aliphatic heterocycles. The minimum absolute atomic E-state index is 0.0527. The Morgan fingerprint density at radius 2 is 1.95 bits per heavy atom. The molecule has 0 saturated carbocycles. The summed E-state index contributed by atoms with van der Waals surface area (Å²) in [4.78, 5) is 28.7. The Bertz CT molecular complexity index is 575. The van der Waals surface area contributed by atoms with Gasteiger partial charge in [-0.1, -0.05) is 18.2 Å². The SMILES string of the molecule is CCN(C(=O)C1CC(=O)N(C(C)(C)C)C1)c1ccccc1C. The van der Waals surface area contributed by atoms with Gasteiger partial charge in [-0.25, -0.2) is 0 Å². The van der Waals surface area contributed by atoms with E-state index in [9.17, 15) is 9.59 Å². The molecule has 1 aromatic rings. The van der Waals surface area contributed by atoms with E-state index < -0.39 is 0 Å². The van der Waals surface area contributed by atoms with E-state index in [0.717, 1.165) is 11.3 Å². The third-order valence-electron chi connectivity index (χ3n) is 4.27. The van der Waals surface area contributed by atoms with Crippen LogP contribution in [0.5, 0.6) is 0 Å². The molecule has 22 heavy (non-hydrogen) atoms. The van der Waals surface area contributed by atoms with Crippen LogP contribution in [-0.4, -0.2) is 35.3 Å². The quantitative estimate of drug-likeness (QED) is 0.861. The van der Waals surface area contributed by atoms with Gasteiger partial charge in [0.2, 0.25) is 11.8 Å². The molecule has 0 radical (unpaired) electrons. The van der Waals surface area contributed by atoms with E-state index in [4.69, 9.17) is 0 Å². The molecule has 1 unspecified atom stereocenters. The lowest BCUT2D eigenvalue weighted by Crippen LogP contribution is -2.43. The summed E-state index contributed by atoms with van der Waals surface area (Å²) in [7, 11) is 0. The van der Waals surface area contributed by atoms with Crippen LogP contribution in [0, 0.1) is 12.8 Å². The lowest BCUT2D eigenvalue weighted by atomic mass is 10.0. The highest BCUT2D eigenvalue weighted by Gasteiger charge is 2.40. The van der Waals surface area contributed by atoms with Gasteiger partial charge in [-0.15, -0.1) is 0 Å². The Morgan fingerprint density at radius 3 is 2.45 bits per heavy atom. The number of nitrogens with zero attached hydrogens (tertiary/aromatic N) is 2. The normalized spacial score (nSPS) is 18.7. The second kappa shape index (κ2) is 6.11. The maximum Gasteiger partial charge on any atom is 0.232 e. The Morgan fingerprint density at radius 1 is 1.32 bits per heavy atom. The van der Waals surface area contributed by atoms with Gasteiger partial charge in [-0.05, 0) is 46.2 Å². The third kappa shape index (κ3) is 3.16. The standard InChI is InChI=1S/C18H26N2O2/c1-6-19(15-10-8-7-9-13(15)2)17(22)14-11-16(21)20(12-14)18(3,4)5/h7-10,14H,6,11-12H2,1-5H3. The van der Waals surface area contributed by atoms with Crippen LogP contribution in [0.1, 0.15) is 39.7 Å². The van der Waals surface area contributed by atoms with Gasteiger partial charge >= 0.3 is 0 Å². The largest absolute Gasteiger partial charge is 0.337 e. The van der Waals surface area contributed by atoms with Crippen LogP contribution in [0.4, 0.5) is 5.69 Å². The third-order valence-corrected chi connectivity index (χ3v) is 4.27. The van der Waals surface area contributed by atoms with Crippen molar-refractivity contribution in [2.45, 2.75) is 46.6 Å². The minimum atomic E-state index is -0.244. The maximum absolute atomic E-state index is 12.9. The average Bonchev–Trinajstić information content (AvgIpc) is 2.83. The summed E-state index contributed by atoms with van der Waals surface area (Å²) in [6, 6.07) is 7.89. The van der Waals surface area contributed by atoms with E-state index in [1.807, 2.05) is 63.8 Å². The van der Waals surface area contributed by atoms with Crippen molar-refractivity contribution in [3.8, 4) is 0 Å². The first-order chi connectivity index (χ1) is 10.3. The van der Waals surface area contributed by atoms with E-state index in [1.54, 1.807) is 4.90 Å². The van der Waals surface area contributed by atoms with E-state index >= 15 is 0 Å². The predicted molar refractivity (Wildman–Crippen MR) is 88.8 cm³/mol. The molecular weight excluding hydrogens is 276 g/mol. The Balaban J connectivity index is 2.21. The number of benzene rings is 1. The highest BCUT2D eigenvalue weighted by Crippen LogP contribution is 2.29. The lowest BCUT2D eigenvalue weighted by Gasteiger charge is -2.32. The molecule has 4 nitrogen and oxygen atoms in total. The zero-order chi connectivity index (χ0) is 16.5. The fourth-order valence-electron chi connectivity index (χ4n) is 3.05. The number of aryl methyl sites for hydroxylation is 1. The van der Waals surface area contributed by atoms with Gasteiger partial charge in [0, 0.05) is 30.7 Å². The van der Waals surface area contributed by atoms with Gasteiger partial charge in [0.1, 0.15) is 0 Å². The molecule has 1 saturated heterocycles. The Labute approximate surface area is 133 Å². The number of amides is 2. The van der Waals surface area contributed by atoms with Crippen LogP contribution in [0.25, 0.3) is 0 Å². The van der Waals surface area contributed by atoms with Crippen molar-refractivity contribution in [1.82, 2.24) is 4.90 Å². The fraction of sp³-hybridized carbons (Fsp3) is 0.556. The lowest BCUT2D eigenvalue weighted by molar-refractivity contribution is -0.131. The predicted octanol–water partition coefficient (Wildman–Crippen LogP) is 2.99. The highest BCUT2D eigenvalue weighted by molar-refractivity contribution is 5.99. The molecule has 0 aromatic heterocycles. The van der Waals surface area contributed by atoms with Crippen LogP contribution < -0.4 is 4.90 Å². The van der Waals surface area contributed by atoms with Crippen molar-refractivity contribution in [2.75, 3.05) is 18.0 Å². The number of likely N-dealkylation sites (tertiary alicyclic amines) is 1. The summed E-state index contributed by atoms with van der Waals surface area (Å²) in [6.07, 6.45) is 0.318. The van der Waals surface area contributed by atoms with Crippen molar-refractivity contribution in [3.63, 3.8) is 0 Å². The first kappa shape index (κ1) is 16.5. The van der Waals surface area contributed by atoms with E-state index in [-0.39, 0.29) is 23.3 Å². The molecule has 1 fully saturated rings. The first-order valence-corrected chi connectivity index (χ1v) is 7.93. The number of rotatable bonds is 3. The second-order valence-corrected chi connectivity index (χ2v) is 6.95. The van der Waals surface area contributed by atoms with Gasteiger partial charge < -0.3 is 9.80 Å². The van der Waals surface area contributed by atoms with Gasteiger partial charge in [0.25, 0.3) is 0 Å². The topological polar surface area (TPSA) is 40.6 Å². The molecule has 1 heterocycles. The van der Waals surface area contributed by atoms with Crippen molar-refractivity contribution >= 4 is 17.5 Å². The van der Waals surface area contributed by atoms with Crippen LogP contribution in [0.3, 0.4) is 0 Å². The molecule has 2 amide bonds. The number of carbonyl (C=O) groups excluding carboxylic acids is 2. The van der Waals surface area contributed by atoms with Gasteiger partial charge in [0.05, 0.1) is 5.92 Å². The summed E-state index contributed by atoms with van der Waals surface area (Å²) < 4.78 is 0. The van der Waals surface area contributed by atoms with Crippen LogP contribution in [0.2, 0.25) is 0 Å². The smallest absolute Gasteiger partial charge is 0.232 e. The number of carbonyl (C=O) groups is 2. The maximum atomic E-state index is 12.9. The molecule has 0 aliphatic carbocycles. The number of hydrogen-bond donors (Lipinski definition) is 0. The molecule has 120 valence electrons. The first-order valence-electron chi connectivity index (χ1n) is 7.93. The number of para-hydroxylation sites is 1. The van der Waals surface area contributed by atoms with Crippen LogP contribution in [0.15, 0.2) is 24.3 Å². The molecule has 4 heteroatoms. The minimum Gasteiger partial charge on any atom is -0.337 e. The zero-order valence-electron chi connectivity index (χ0n) is 14.2. The average molecular weight is 302 g/mol. The van der Waals surface area contributed by atoms with Gasteiger partial charge in [-0.3, -0.25) is 9.59 Å². The molecule has 0 spiro atoms. The monoisotopic (exact) mass is 302 g/mol. The summed E-state index contributed by atoms with van der Waals surface area (Å²) >= 11 is 0. The van der Waals surface area contributed by atoms with E-state index in [0.29, 0.717) is 19.5 Å². The molecule has 2 rings (SSSR count). The fourth-order valence-corrected chi connectivity index (χ4v) is 3.05. The van der Waals surface area contributed by atoms with Crippen molar-refractivity contribution in [1.29, 1.82) is 0 Å². The molecular formula is C18H26N2O2. The Hall–Kier alpha value is -1.84. The van der Waals surface area contributed by atoms with Gasteiger partial charge in [0.15, 0.2) is 0 Å². The number of hydrogen-bond acceptors (Lipinski definition) is 2. The Kier molecular flexibility index (Phi) is 4.59. The molecule has 0 N–H and O–H groups in total. The second-order valence-electron chi connectivity index (χ2n) is 6.95. The van der Waals surface area contributed by atoms with Crippen molar-refractivity contribution in [3.05, 3.63) is 29.8 Å². The summed E-state index contributed by atoms with van der Waals surface area (Å²) in [5.41, 5.74) is 1.79. The molecule has 0 bridgehead atoms. The van der Waals surface area contributed by atoms with Gasteiger partial charge in [-0.2, -0.15) is 0 Å². The van der Waals surface area contributed by atoms with E-state index in [2.05, 4.69) is 0 Å². The van der Waals surface area contributed by atoms with E-state index in [1.165, 1.54) is 0 Å². The summed E-state index contributed by atoms with van der Waals surface area (Å²) in [5.74, 6) is -0.116. The van der Waals surface area contributed by atoms with Crippen molar-refractivity contribution < 1.29 is 9.59 Å². The summed E-state index contributed by atoms with van der Waals surface area (Å²) in [6.45, 7) is 11.1. The van der Waals surface area contributed by atoms with Crippen LogP contribution in [-0.2, 0) is 9.59 Å². The molecule has 1 atom stereocenters. The molecule has 1 aromatic carbocycles.